The van der Waals surface area contributed by atoms with E-state index in [4.69, 9.17) is 5.73 Å². The Morgan fingerprint density at radius 1 is 0.883 bits per heavy atom. The number of fused-ring (bicyclic) bond motifs is 1. The Morgan fingerprint density at radius 2 is 1.65 bits per heavy atom. The van der Waals surface area contributed by atoms with Crippen LogP contribution in [0, 0.1) is 11.7 Å². The summed E-state index contributed by atoms with van der Waals surface area (Å²) in [7, 11) is 1.80. The van der Waals surface area contributed by atoms with Gasteiger partial charge in [0.15, 0.2) is 11.5 Å². The van der Waals surface area contributed by atoms with E-state index in [9.17, 15) is 19.2 Å². The SMILES string of the molecule is CN1CCN(C2CCCN(c3nnc(C(N)=O)c(Nc4ccc(N5CCN(CC6CCN(c7ccc(N8CCC(=O)NC8=O)c8nc[nH]c78)CC6)CC5)c(F)c4)n3)C2)C1=O. The molecule has 5 aliphatic heterocycles. The third-order valence-electron chi connectivity index (χ3n) is 12.6. The molecule has 316 valence electrons. The Morgan fingerprint density at radius 3 is 2.38 bits per heavy atom. The number of carbonyl (C=O) groups excluding carboxylic acids is 4. The van der Waals surface area contributed by atoms with Crippen LogP contribution in [0.15, 0.2) is 36.7 Å². The number of aromatic amines is 1. The molecule has 5 fully saturated rings. The Balaban J connectivity index is 0.781. The molecule has 1 unspecified atom stereocenters. The van der Waals surface area contributed by atoms with E-state index in [2.05, 4.69) is 50.5 Å². The topological polar surface area (TPSA) is 208 Å². The molecule has 6 amide bonds. The number of nitrogens with two attached hydrogens (primary N) is 1. The lowest BCUT2D eigenvalue weighted by molar-refractivity contribution is -0.120. The summed E-state index contributed by atoms with van der Waals surface area (Å²) in [5.41, 5.74) is 9.72. The van der Waals surface area contributed by atoms with Crippen LogP contribution in [0.5, 0.6) is 0 Å². The fourth-order valence-electron chi connectivity index (χ4n) is 9.25. The Bertz CT molecular complexity index is 2290. The van der Waals surface area contributed by atoms with Gasteiger partial charge in [0, 0.05) is 97.7 Å². The second-order valence-corrected chi connectivity index (χ2v) is 16.3. The van der Waals surface area contributed by atoms with E-state index >= 15 is 4.39 Å². The van der Waals surface area contributed by atoms with Crippen molar-refractivity contribution in [2.45, 2.75) is 38.1 Å². The fraction of sp³-hybridized carbons (Fsp3) is 0.500. The minimum atomic E-state index is -0.806. The van der Waals surface area contributed by atoms with Gasteiger partial charge in [0.25, 0.3) is 5.91 Å². The Kier molecular flexibility index (Phi) is 10.7. The van der Waals surface area contributed by atoms with E-state index in [0.29, 0.717) is 80.3 Å². The van der Waals surface area contributed by atoms with Gasteiger partial charge in [-0.05, 0) is 61.9 Å². The van der Waals surface area contributed by atoms with Gasteiger partial charge in [0.1, 0.15) is 11.3 Å². The standard InChI is InChI=1S/C40H50FN15O4/c1-50-15-20-55(40(50)60)27-3-2-11-54(23-27)38-47-37(35(36(42)58)48-49-38)45-26-4-5-29(28(41)21-26)53-18-16-51(17-19-53)22-25-8-12-52(13-9-25)30-6-7-31(34-33(30)43-24-44-34)56-14-10-32(57)46-39(56)59/h4-7,21,24-25,27H,2-3,8-20,22-23H2,1H3,(H2,42,58)(H,43,44)(H,45,47,49)(H,46,57,59). The van der Waals surface area contributed by atoms with Crippen molar-refractivity contribution in [3.05, 3.63) is 48.2 Å². The molecular formula is C40H50FN15O4. The molecule has 0 aliphatic carbocycles. The number of carbonyl (C=O) groups is 4. The molecule has 0 saturated carbocycles. The number of benzene rings is 2. The molecule has 2 aromatic carbocycles. The molecule has 5 N–H and O–H groups in total. The number of nitrogens with one attached hydrogen (secondary N) is 3. The van der Waals surface area contributed by atoms with Crippen LogP contribution in [0.1, 0.15) is 42.6 Å². The van der Waals surface area contributed by atoms with E-state index in [1.807, 2.05) is 21.9 Å². The number of halogens is 1. The fourth-order valence-corrected chi connectivity index (χ4v) is 9.25. The third-order valence-corrected chi connectivity index (χ3v) is 12.6. The van der Waals surface area contributed by atoms with Gasteiger partial charge in [-0.15, -0.1) is 10.2 Å². The van der Waals surface area contributed by atoms with Crippen molar-refractivity contribution in [2.75, 3.05) is 111 Å². The molecule has 5 saturated heterocycles. The molecule has 7 heterocycles. The molecule has 20 heteroatoms. The van der Waals surface area contributed by atoms with Crippen molar-refractivity contribution in [2.24, 2.45) is 11.7 Å². The molecule has 19 nitrogen and oxygen atoms in total. The van der Waals surface area contributed by atoms with Crippen molar-refractivity contribution in [1.82, 2.24) is 45.2 Å². The van der Waals surface area contributed by atoms with Crippen LogP contribution in [0.2, 0.25) is 0 Å². The summed E-state index contributed by atoms with van der Waals surface area (Å²) in [6, 6.07) is 8.44. The van der Waals surface area contributed by atoms with Crippen LogP contribution in [0.4, 0.5) is 48.5 Å². The van der Waals surface area contributed by atoms with Crippen LogP contribution < -0.4 is 36.0 Å². The van der Waals surface area contributed by atoms with Gasteiger partial charge in [-0.2, -0.15) is 4.98 Å². The number of aromatic nitrogens is 5. The van der Waals surface area contributed by atoms with Crippen molar-refractivity contribution >= 4 is 69.4 Å². The molecular weight excluding hydrogens is 774 g/mol. The molecule has 0 bridgehead atoms. The summed E-state index contributed by atoms with van der Waals surface area (Å²) >= 11 is 0. The number of primary amides is 1. The average molecular weight is 824 g/mol. The van der Waals surface area contributed by atoms with Gasteiger partial charge in [0.05, 0.1) is 34.9 Å². The summed E-state index contributed by atoms with van der Waals surface area (Å²) in [4.78, 5) is 75.7. The van der Waals surface area contributed by atoms with Gasteiger partial charge in [-0.1, -0.05) is 0 Å². The normalized spacial score (nSPS) is 21.0. The van der Waals surface area contributed by atoms with Crippen LogP contribution in [0.3, 0.4) is 0 Å². The average Bonchev–Trinajstić information content (AvgIpc) is 3.88. The minimum Gasteiger partial charge on any atom is -0.370 e. The van der Waals surface area contributed by atoms with Crippen molar-refractivity contribution in [3.63, 3.8) is 0 Å². The van der Waals surface area contributed by atoms with E-state index in [1.54, 1.807) is 35.3 Å². The first-order chi connectivity index (χ1) is 29.1. The highest BCUT2D eigenvalue weighted by atomic mass is 19.1. The number of hydrogen-bond donors (Lipinski definition) is 4. The number of H-pyrrole nitrogens is 1. The van der Waals surface area contributed by atoms with Gasteiger partial charge in [0.2, 0.25) is 11.9 Å². The maximum Gasteiger partial charge on any atom is 0.328 e. The molecule has 9 rings (SSSR count). The summed E-state index contributed by atoms with van der Waals surface area (Å²) in [5.74, 6) is -0.532. The third kappa shape index (κ3) is 7.78. The van der Waals surface area contributed by atoms with Crippen molar-refractivity contribution in [1.29, 1.82) is 0 Å². The molecule has 5 aliphatic rings. The highest BCUT2D eigenvalue weighted by Crippen LogP contribution is 2.35. The lowest BCUT2D eigenvalue weighted by atomic mass is 9.95. The number of likely N-dealkylation sites (N-methyl/N-ethyl adjacent to an activating group) is 1. The Labute approximate surface area is 346 Å². The number of imide groups is 1. The van der Waals surface area contributed by atoms with Crippen LogP contribution in [-0.2, 0) is 4.79 Å². The number of nitrogens with zero attached hydrogens (tertiary/aromatic N) is 11. The molecule has 2 aromatic heterocycles. The lowest BCUT2D eigenvalue weighted by Gasteiger charge is -2.40. The first-order valence-corrected chi connectivity index (χ1v) is 20.8. The number of piperidine rings is 2. The smallest absolute Gasteiger partial charge is 0.328 e. The van der Waals surface area contributed by atoms with Gasteiger partial charge in [-0.25, -0.2) is 19.0 Å². The number of amides is 6. The maximum atomic E-state index is 15.8. The monoisotopic (exact) mass is 823 g/mol. The molecule has 4 aromatic rings. The summed E-state index contributed by atoms with van der Waals surface area (Å²) in [5, 5.41) is 13.8. The van der Waals surface area contributed by atoms with E-state index in [1.165, 1.54) is 6.07 Å². The predicted molar refractivity (Wildman–Crippen MR) is 223 cm³/mol. The van der Waals surface area contributed by atoms with Crippen molar-refractivity contribution in [3.8, 4) is 0 Å². The van der Waals surface area contributed by atoms with Crippen molar-refractivity contribution < 1.29 is 23.6 Å². The molecule has 60 heavy (non-hydrogen) atoms. The second kappa shape index (κ2) is 16.4. The van der Waals surface area contributed by atoms with Crippen LogP contribution in [0.25, 0.3) is 11.0 Å². The van der Waals surface area contributed by atoms with Gasteiger partial charge < -0.3 is 40.5 Å². The highest BCUT2D eigenvalue weighted by molar-refractivity contribution is 6.10. The van der Waals surface area contributed by atoms with Crippen LogP contribution in [-0.4, -0.2) is 155 Å². The van der Waals surface area contributed by atoms with Crippen LogP contribution >= 0.6 is 0 Å². The zero-order chi connectivity index (χ0) is 41.5. The summed E-state index contributed by atoms with van der Waals surface area (Å²) < 4.78 is 15.8. The maximum absolute atomic E-state index is 15.8. The molecule has 1 atom stereocenters. The first kappa shape index (κ1) is 39.2. The lowest BCUT2D eigenvalue weighted by Crippen LogP contribution is -2.49. The molecule has 0 radical (unpaired) electrons. The second-order valence-electron chi connectivity index (χ2n) is 16.3. The number of imidazole rings is 1. The molecule has 0 spiro atoms. The predicted octanol–water partition coefficient (Wildman–Crippen LogP) is 2.55. The Hall–Kier alpha value is -6.31. The zero-order valence-electron chi connectivity index (χ0n) is 33.6. The van der Waals surface area contributed by atoms with E-state index in [-0.39, 0.29) is 35.9 Å². The number of anilines is 6. The number of rotatable bonds is 10. The number of urea groups is 2. The first-order valence-electron chi connectivity index (χ1n) is 20.8. The van der Waals surface area contributed by atoms with E-state index in [0.717, 1.165) is 69.6 Å². The summed E-state index contributed by atoms with van der Waals surface area (Å²) in [6.07, 6.45) is 5.68. The summed E-state index contributed by atoms with van der Waals surface area (Å²) in [6.45, 7) is 8.68. The number of hydrogen-bond acceptors (Lipinski definition) is 13. The largest absolute Gasteiger partial charge is 0.370 e. The van der Waals surface area contributed by atoms with Gasteiger partial charge >= 0.3 is 12.1 Å². The quantitative estimate of drug-likeness (QED) is 0.182. The number of piperazine rings is 1. The minimum absolute atomic E-state index is 0.00825. The van der Waals surface area contributed by atoms with E-state index < -0.39 is 17.8 Å². The zero-order valence-corrected chi connectivity index (χ0v) is 33.6. The van der Waals surface area contributed by atoms with Gasteiger partial charge in [-0.3, -0.25) is 24.7 Å². The highest BCUT2D eigenvalue weighted by Gasteiger charge is 2.35.